The Morgan fingerprint density at radius 3 is 2.75 bits per heavy atom. The fourth-order valence-corrected chi connectivity index (χ4v) is 3.36. The molecule has 2 rings (SSSR count). The molecule has 24 heavy (non-hydrogen) atoms. The highest BCUT2D eigenvalue weighted by molar-refractivity contribution is 5.80. The first-order chi connectivity index (χ1) is 11.2. The average molecular weight is 333 g/mol. The molecule has 132 valence electrons. The topological polar surface area (TPSA) is 75.6 Å². The molecule has 5 nitrogen and oxygen atoms in total. The van der Waals surface area contributed by atoms with E-state index in [9.17, 15) is 14.7 Å². The molecule has 1 amide bonds. The number of hydrogen-bond acceptors (Lipinski definition) is 3. The van der Waals surface area contributed by atoms with E-state index in [4.69, 9.17) is 4.74 Å². The van der Waals surface area contributed by atoms with Crippen molar-refractivity contribution in [2.45, 2.75) is 58.6 Å². The molecule has 0 spiro atoms. The Bertz CT molecular complexity index is 581. The second-order valence-electron chi connectivity index (χ2n) is 7.70. The molecule has 0 aromatic heterocycles. The maximum absolute atomic E-state index is 12.2. The molecule has 2 aliphatic rings. The van der Waals surface area contributed by atoms with Crippen molar-refractivity contribution < 1.29 is 19.4 Å². The Morgan fingerprint density at radius 1 is 1.54 bits per heavy atom. The van der Waals surface area contributed by atoms with Gasteiger partial charge in [-0.2, -0.15) is 0 Å². The molecule has 0 aromatic rings. The van der Waals surface area contributed by atoms with Gasteiger partial charge in [-0.15, -0.1) is 12.3 Å². The summed E-state index contributed by atoms with van der Waals surface area (Å²) in [6, 6.07) is -0.993. The minimum Gasteiger partial charge on any atom is -0.480 e. The highest BCUT2D eigenvalue weighted by Gasteiger charge is 2.43. The zero-order chi connectivity index (χ0) is 17.9. The van der Waals surface area contributed by atoms with Crippen molar-refractivity contribution in [1.29, 1.82) is 0 Å². The van der Waals surface area contributed by atoms with Crippen LogP contribution in [0.5, 0.6) is 0 Å². The number of allylic oxidation sites excluding steroid dienone is 1. The predicted octanol–water partition coefficient (Wildman–Crippen LogP) is 3.67. The first-order valence-electron chi connectivity index (χ1n) is 8.51. The smallest absolute Gasteiger partial charge is 0.408 e. The van der Waals surface area contributed by atoms with E-state index < -0.39 is 23.5 Å². The fraction of sp³-hybridized carbons (Fsp3) is 0.632. The summed E-state index contributed by atoms with van der Waals surface area (Å²) in [6.07, 6.45) is 6.83. The van der Waals surface area contributed by atoms with E-state index >= 15 is 0 Å². The van der Waals surface area contributed by atoms with Crippen LogP contribution in [0.2, 0.25) is 0 Å². The van der Waals surface area contributed by atoms with Gasteiger partial charge in [0.15, 0.2) is 0 Å². The zero-order valence-electron chi connectivity index (χ0n) is 14.7. The van der Waals surface area contributed by atoms with Gasteiger partial charge in [0.2, 0.25) is 0 Å². The molecule has 0 heterocycles. The van der Waals surface area contributed by atoms with Gasteiger partial charge in [-0.3, -0.25) is 0 Å². The molecule has 0 aromatic carbocycles. The summed E-state index contributed by atoms with van der Waals surface area (Å²) in [4.78, 5) is 23.6. The third-order valence-electron chi connectivity index (χ3n) is 4.73. The van der Waals surface area contributed by atoms with E-state index in [0.29, 0.717) is 5.92 Å². The van der Waals surface area contributed by atoms with Crippen LogP contribution in [0.1, 0.15) is 46.5 Å². The number of carbonyl (C=O) groups is 2. The number of rotatable bonds is 7. The molecule has 5 heteroatoms. The maximum Gasteiger partial charge on any atom is 0.408 e. The number of amides is 1. The number of aliphatic carboxylic acids is 1. The van der Waals surface area contributed by atoms with Crippen molar-refractivity contribution in [3.63, 3.8) is 0 Å². The van der Waals surface area contributed by atoms with Gasteiger partial charge in [0, 0.05) is 17.4 Å². The summed E-state index contributed by atoms with van der Waals surface area (Å²) in [5.41, 5.74) is 3.58. The van der Waals surface area contributed by atoms with Crippen molar-refractivity contribution in [3.05, 3.63) is 30.0 Å². The van der Waals surface area contributed by atoms with Crippen molar-refractivity contribution >= 4 is 12.1 Å². The highest BCUT2D eigenvalue weighted by Crippen LogP contribution is 2.44. The van der Waals surface area contributed by atoms with Crippen molar-refractivity contribution in [1.82, 2.24) is 5.32 Å². The number of ether oxygens (including phenoxy) is 1. The van der Waals surface area contributed by atoms with Crippen LogP contribution in [0.4, 0.5) is 4.79 Å². The van der Waals surface area contributed by atoms with Crippen molar-refractivity contribution in [2.24, 2.45) is 17.3 Å². The first-order valence-corrected chi connectivity index (χ1v) is 8.51. The number of carboxylic acid groups (broad SMARTS) is 1. The minimum atomic E-state index is -1.06. The van der Waals surface area contributed by atoms with E-state index in [-0.39, 0.29) is 12.0 Å². The number of alkyl carbamates (subject to hydrolysis) is 1. The lowest BCUT2D eigenvalue weighted by Gasteiger charge is -2.29. The van der Waals surface area contributed by atoms with E-state index in [0.717, 1.165) is 31.3 Å². The molecule has 0 saturated heterocycles. The molecule has 0 unspecified atom stereocenters. The average Bonchev–Trinajstić information content (AvgIpc) is 2.66. The minimum absolute atomic E-state index is 0.264. The lowest BCUT2D eigenvalue weighted by molar-refractivity contribution is -0.142. The number of unbranched alkanes of at least 4 members (excludes halogenated alkanes) is 1. The standard InChI is InChI=1S/C19H27NO4/c1-5-6-7-8-13-11-12-9-10-14(12)15(13)24-18(23)20-16(17(21)22)19(2,3)4/h5,9,12-13,15-16H,1,6-8,11H2,2-4H3,(H,20,23)(H,21,22)/t12-,13-,15+,16-/m1/s1. The molecule has 0 radical (unpaired) electrons. The molecular weight excluding hydrogens is 306 g/mol. The summed E-state index contributed by atoms with van der Waals surface area (Å²) < 4.78 is 5.61. The lowest BCUT2D eigenvalue weighted by atomic mass is 9.87. The Kier molecular flexibility index (Phi) is 5.55. The Hall–Kier alpha value is -2.00. The summed E-state index contributed by atoms with van der Waals surface area (Å²) in [7, 11) is 0. The van der Waals surface area contributed by atoms with Gasteiger partial charge in [-0.05, 0) is 37.2 Å². The van der Waals surface area contributed by atoms with Gasteiger partial charge >= 0.3 is 12.1 Å². The Morgan fingerprint density at radius 2 is 2.25 bits per heavy atom. The monoisotopic (exact) mass is 333 g/mol. The van der Waals surface area contributed by atoms with Crippen LogP contribution in [0.3, 0.4) is 0 Å². The molecule has 1 fully saturated rings. The van der Waals surface area contributed by atoms with Gasteiger partial charge in [0.1, 0.15) is 12.1 Å². The second-order valence-corrected chi connectivity index (χ2v) is 7.70. The number of carbonyl (C=O) groups excluding carboxylic acids is 1. The molecule has 1 saturated carbocycles. The first kappa shape index (κ1) is 18.3. The molecule has 0 bridgehead atoms. The number of fused-ring (bicyclic) bond motifs is 1. The van der Waals surface area contributed by atoms with Crippen LogP contribution in [0, 0.1) is 17.3 Å². The van der Waals surface area contributed by atoms with Crippen LogP contribution >= 0.6 is 0 Å². The fourth-order valence-electron chi connectivity index (χ4n) is 3.36. The Labute approximate surface area is 143 Å². The largest absolute Gasteiger partial charge is 0.480 e. The van der Waals surface area contributed by atoms with Crippen LogP contribution in [-0.2, 0) is 9.53 Å². The summed E-state index contributed by atoms with van der Waals surface area (Å²) in [5, 5.41) is 11.8. The van der Waals surface area contributed by atoms with Gasteiger partial charge in [0.05, 0.1) is 0 Å². The van der Waals surface area contributed by atoms with Gasteiger partial charge in [-0.1, -0.05) is 26.8 Å². The van der Waals surface area contributed by atoms with Crippen LogP contribution in [-0.4, -0.2) is 29.3 Å². The second kappa shape index (κ2) is 7.27. The molecule has 2 aliphatic carbocycles. The maximum atomic E-state index is 12.2. The van der Waals surface area contributed by atoms with Crippen LogP contribution < -0.4 is 5.32 Å². The molecule has 2 N–H and O–H groups in total. The third kappa shape index (κ3) is 4.09. The summed E-state index contributed by atoms with van der Waals surface area (Å²) >= 11 is 0. The van der Waals surface area contributed by atoms with E-state index in [2.05, 4.69) is 17.6 Å². The number of nitrogens with one attached hydrogen (secondary N) is 1. The molecule has 0 aliphatic heterocycles. The molecular formula is C19H27NO4. The van der Waals surface area contributed by atoms with Crippen molar-refractivity contribution in [2.75, 3.05) is 0 Å². The highest BCUT2D eigenvalue weighted by atomic mass is 16.6. The predicted molar refractivity (Wildman–Crippen MR) is 91.5 cm³/mol. The van der Waals surface area contributed by atoms with E-state index in [1.165, 1.54) is 0 Å². The van der Waals surface area contributed by atoms with Gasteiger partial charge in [0.25, 0.3) is 0 Å². The Balaban J connectivity index is 1.98. The summed E-state index contributed by atoms with van der Waals surface area (Å²) in [6.45, 7) is 9.04. The third-order valence-corrected chi connectivity index (χ3v) is 4.73. The number of carboxylic acids is 1. The molecule has 4 atom stereocenters. The van der Waals surface area contributed by atoms with Crippen LogP contribution in [0.15, 0.2) is 30.0 Å². The number of hydrogen-bond donors (Lipinski definition) is 2. The van der Waals surface area contributed by atoms with Gasteiger partial charge in [-0.25, -0.2) is 9.59 Å². The summed E-state index contributed by atoms with van der Waals surface area (Å²) in [5.74, 6) is -0.441. The van der Waals surface area contributed by atoms with Crippen LogP contribution in [0.25, 0.3) is 0 Å². The van der Waals surface area contributed by atoms with E-state index in [1.807, 2.05) is 12.2 Å². The van der Waals surface area contributed by atoms with Crippen molar-refractivity contribution in [3.8, 4) is 0 Å². The normalized spacial score (nSPS) is 26.0. The zero-order valence-corrected chi connectivity index (χ0v) is 14.7. The van der Waals surface area contributed by atoms with Gasteiger partial charge < -0.3 is 15.2 Å². The quantitative estimate of drug-likeness (QED) is 0.423. The van der Waals surface area contributed by atoms with E-state index in [1.54, 1.807) is 20.8 Å². The lowest BCUT2D eigenvalue weighted by Crippen LogP contribution is -2.50. The SMILES string of the molecule is C=CCCC[C@@H]1C[C@H]2C=C=C2[C@H]1OC(=O)N[C@H](C(=O)O)C(C)(C)C.